The number of halogens is 1. The van der Waals surface area contributed by atoms with E-state index in [9.17, 15) is 23.9 Å². The normalized spacial score (nSPS) is 22.8. The predicted molar refractivity (Wildman–Crippen MR) is 126 cm³/mol. The molecule has 1 fully saturated rings. The molecule has 3 aliphatic heterocycles. The molecule has 178 valence electrons. The molecule has 0 radical (unpaired) electrons. The first-order chi connectivity index (χ1) is 17.4. The van der Waals surface area contributed by atoms with Crippen LogP contribution in [0.3, 0.4) is 0 Å². The van der Waals surface area contributed by atoms with Gasteiger partial charge in [0.1, 0.15) is 23.0 Å². The van der Waals surface area contributed by atoms with E-state index >= 15 is 0 Å². The highest BCUT2D eigenvalue weighted by atomic mass is 19.1. The molecule has 2 N–H and O–H groups in total. The molecule has 3 aromatic rings. The molecule has 6 rings (SSSR count). The second kappa shape index (κ2) is 8.00. The number of nitrogens with one attached hydrogen (secondary N) is 1. The van der Waals surface area contributed by atoms with Crippen LogP contribution in [0.25, 0.3) is 0 Å². The maximum atomic E-state index is 13.9. The van der Waals surface area contributed by atoms with E-state index in [-0.39, 0.29) is 33.8 Å². The summed E-state index contributed by atoms with van der Waals surface area (Å²) in [6, 6.07) is 19.8. The van der Waals surface area contributed by atoms with Gasteiger partial charge >= 0.3 is 5.97 Å². The zero-order valence-electron chi connectivity index (χ0n) is 18.8. The van der Waals surface area contributed by atoms with Crippen LogP contribution in [0.4, 0.5) is 4.39 Å². The monoisotopic (exact) mass is 482 g/mol. The van der Waals surface area contributed by atoms with Crippen molar-refractivity contribution in [1.82, 2.24) is 10.2 Å². The Morgan fingerprint density at radius 3 is 2.42 bits per heavy atom. The summed E-state index contributed by atoms with van der Waals surface area (Å²) in [7, 11) is 0. The standard InChI is InChI=1S/C28H19FN2O5/c29-18-12-10-16(11-13-18)24(32)21-23(22-25(33)19-8-4-5-9-20(19)36-27(22)34)28(35,17-6-2-1-3-7-17)31-15-14-30-26(21)31/h1-13,30,35H,14-15H2/b23-22+. The van der Waals surface area contributed by atoms with Crippen LogP contribution in [0.15, 0.2) is 101 Å². The summed E-state index contributed by atoms with van der Waals surface area (Å²) in [5, 5.41) is 15.5. The molecule has 1 unspecified atom stereocenters. The Labute approximate surface area is 205 Å². The topological polar surface area (TPSA) is 95.9 Å². The molecule has 3 aromatic carbocycles. The highest BCUT2D eigenvalue weighted by Crippen LogP contribution is 2.50. The van der Waals surface area contributed by atoms with Crippen molar-refractivity contribution in [1.29, 1.82) is 0 Å². The van der Waals surface area contributed by atoms with Gasteiger partial charge in [-0.25, -0.2) is 9.18 Å². The fourth-order valence-corrected chi connectivity index (χ4v) is 5.04. The Bertz CT molecular complexity index is 1510. The van der Waals surface area contributed by atoms with Gasteiger partial charge in [0.15, 0.2) is 11.5 Å². The van der Waals surface area contributed by atoms with Crippen LogP contribution in [0.2, 0.25) is 0 Å². The van der Waals surface area contributed by atoms with Crippen LogP contribution >= 0.6 is 0 Å². The van der Waals surface area contributed by atoms with E-state index in [0.29, 0.717) is 18.7 Å². The minimum absolute atomic E-state index is 0.0369. The molecule has 3 heterocycles. The van der Waals surface area contributed by atoms with E-state index in [1.54, 1.807) is 47.4 Å². The van der Waals surface area contributed by atoms with Crippen molar-refractivity contribution in [3.8, 4) is 5.75 Å². The molecule has 3 aliphatic rings. The second-order valence-electron chi connectivity index (χ2n) is 8.64. The van der Waals surface area contributed by atoms with Gasteiger partial charge in [0.05, 0.1) is 11.1 Å². The quantitative estimate of drug-likeness (QED) is 0.195. The molecule has 0 aromatic heterocycles. The third kappa shape index (κ3) is 3.04. The number of hydrogen-bond acceptors (Lipinski definition) is 7. The number of esters is 1. The van der Waals surface area contributed by atoms with Gasteiger partial charge in [-0.05, 0) is 36.4 Å². The number of carbonyl (C=O) groups excluding carboxylic acids is 3. The average Bonchev–Trinajstić information content (AvgIpc) is 3.46. The number of benzene rings is 3. The van der Waals surface area contributed by atoms with Gasteiger partial charge in [-0.15, -0.1) is 0 Å². The lowest BCUT2D eigenvalue weighted by atomic mass is 9.82. The van der Waals surface area contributed by atoms with Crippen LogP contribution in [0.5, 0.6) is 5.75 Å². The Hall–Kier alpha value is -4.56. The molecule has 0 saturated carbocycles. The van der Waals surface area contributed by atoms with Gasteiger partial charge in [-0.2, -0.15) is 0 Å². The SMILES string of the molecule is O=C1Oc2ccccc2C(=O)/C1=C1/C(C(=O)c2ccc(F)cc2)=C2NCCN2C1(O)c1ccccc1. The molecule has 8 heteroatoms. The highest BCUT2D eigenvalue weighted by Gasteiger charge is 2.56. The Morgan fingerprint density at radius 2 is 1.67 bits per heavy atom. The molecule has 1 saturated heterocycles. The third-order valence-electron chi connectivity index (χ3n) is 6.65. The molecule has 1 atom stereocenters. The fraction of sp³-hybridized carbons (Fsp3) is 0.107. The number of para-hydroxylation sites is 1. The van der Waals surface area contributed by atoms with Crippen molar-refractivity contribution >= 4 is 17.5 Å². The lowest BCUT2D eigenvalue weighted by Gasteiger charge is -2.36. The van der Waals surface area contributed by atoms with Gasteiger partial charge in [-0.1, -0.05) is 42.5 Å². The maximum absolute atomic E-state index is 13.9. The van der Waals surface area contributed by atoms with E-state index in [2.05, 4.69) is 5.32 Å². The van der Waals surface area contributed by atoms with E-state index < -0.39 is 34.7 Å². The van der Waals surface area contributed by atoms with Crippen molar-refractivity contribution in [3.63, 3.8) is 0 Å². The van der Waals surface area contributed by atoms with Gasteiger partial charge in [0.2, 0.25) is 5.78 Å². The highest BCUT2D eigenvalue weighted by molar-refractivity contribution is 6.30. The molecule has 0 aliphatic carbocycles. The van der Waals surface area contributed by atoms with Crippen LogP contribution in [-0.2, 0) is 10.5 Å². The number of aliphatic hydroxyl groups is 1. The summed E-state index contributed by atoms with van der Waals surface area (Å²) in [4.78, 5) is 42.5. The predicted octanol–water partition coefficient (Wildman–Crippen LogP) is 3.08. The van der Waals surface area contributed by atoms with Crippen LogP contribution < -0.4 is 10.1 Å². The maximum Gasteiger partial charge on any atom is 0.348 e. The molecule has 36 heavy (non-hydrogen) atoms. The zero-order valence-corrected chi connectivity index (χ0v) is 18.8. The number of nitrogens with zero attached hydrogens (tertiary/aromatic N) is 1. The largest absolute Gasteiger partial charge is 0.422 e. The minimum Gasteiger partial charge on any atom is -0.422 e. The van der Waals surface area contributed by atoms with Crippen LogP contribution in [-0.4, -0.2) is 40.6 Å². The van der Waals surface area contributed by atoms with Crippen molar-refractivity contribution in [2.45, 2.75) is 5.72 Å². The summed E-state index contributed by atoms with van der Waals surface area (Å²) in [5.74, 6) is -2.31. The summed E-state index contributed by atoms with van der Waals surface area (Å²) in [5.41, 5.74) is -1.97. The van der Waals surface area contributed by atoms with Crippen LogP contribution in [0.1, 0.15) is 26.3 Å². The number of hydrogen-bond donors (Lipinski definition) is 2. The molecular weight excluding hydrogens is 463 g/mol. The van der Waals surface area contributed by atoms with Crippen LogP contribution in [0, 0.1) is 5.82 Å². The minimum atomic E-state index is -2.01. The van der Waals surface area contributed by atoms with E-state index in [0.717, 1.165) is 12.1 Å². The van der Waals surface area contributed by atoms with E-state index in [1.807, 2.05) is 0 Å². The lowest BCUT2D eigenvalue weighted by molar-refractivity contribution is -0.130. The molecule has 7 nitrogen and oxygen atoms in total. The Morgan fingerprint density at radius 1 is 0.972 bits per heavy atom. The van der Waals surface area contributed by atoms with Crippen molar-refractivity contribution in [3.05, 3.63) is 124 Å². The first-order valence-electron chi connectivity index (χ1n) is 11.4. The Kier molecular flexibility index (Phi) is 4.87. The van der Waals surface area contributed by atoms with Gasteiger partial charge in [-0.3, -0.25) is 9.59 Å². The number of Topliss-reactive ketones (excluding diaryl/α,β-unsaturated/α-hetero) is 2. The summed E-state index contributed by atoms with van der Waals surface area (Å²) < 4.78 is 19.1. The summed E-state index contributed by atoms with van der Waals surface area (Å²) >= 11 is 0. The Balaban J connectivity index is 1.66. The number of fused-ring (bicyclic) bond motifs is 2. The van der Waals surface area contributed by atoms with Gasteiger partial charge < -0.3 is 20.1 Å². The molecule has 0 spiro atoms. The smallest absolute Gasteiger partial charge is 0.348 e. The molecular formula is C28H19FN2O5. The number of ether oxygens (including phenoxy) is 1. The first kappa shape index (κ1) is 21.9. The van der Waals surface area contributed by atoms with Gasteiger partial charge in [0.25, 0.3) is 0 Å². The lowest BCUT2D eigenvalue weighted by Crippen LogP contribution is -2.44. The van der Waals surface area contributed by atoms with Crippen molar-refractivity contribution in [2.24, 2.45) is 0 Å². The average molecular weight is 482 g/mol. The van der Waals surface area contributed by atoms with E-state index in [4.69, 9.17) is 4.74 Å². The van der Waals surface area contributed by atoms with E-state index in [1.165, 1.54) is 24.3 Å². The van der Waals surface area contributed by atoms with Crippen molar-refractivity contribution in [2.75, 3.05) is 13.1 Å². The third-order valence-corrected chi connectivity index (χ3v) is 6.65. The number of ketones is 2. The summed E-state index contributed by atoms with van der Waals surface area (Å²) in [6.45, 7) is 0.728. The number of carbonyl (C=O) groups is 3. The fourth-order valence-electron chi connectivity index (χ4n) is 5.04. The zero-order chi connectivity index (χ0) is 25.0. The molecule has 0 bridgehead atoms. The summed E-state index contributed by atoms with van der Waals surface area (Å²) in [6.07, 6.45) is 0. The number of rotatable bonds is 3. The molecule has 0 amide bonds. The second-order valence-corrected chi connectivity index (χ2v) is 8.64. The van der Waals surface area contributed by atoms with Gasteiger partial charge in [0, 0.05) is 29.8 Å². The van der Waals surface area contributed by atoms with Crippen molar-refractivity contribution < 1.29 is 28.6 Å². The first-order valence-corrected chi connectivity index (χ1v) is 11.4.